The fraction of sp³-hybridized carbons (Fsp3) is 1.00. The summed E-state index contributed by atoms with van der Waals surface area (Å²) in [7, 11) is -1.23. The Morgan fingerprint density at radius 3 is 1.75 bits per heavy atom. The minimum Gasteiger partial charge on any atom is -0.386 e. The fourth-order valence-corrected chi connectivity index (χ4v) is 1.48. The second-order valence-electron chi connectivity index (χ2n) is 4.69. The zero-order chi connectivity index (χ0) is 15.4. The molecule has 7 heteroatoms. The standard InChI is InChI=1S/C13H26BF3O3/c1-4-7-10-18-14(19-11-8-5-2)20-12(9-6-3)13(15,16)17/h12H,4-11H2,1-3H3. The molecule has 0 fully saturated rings. The quantitative estimate of drug-likeness (QED) is 0.396. The summed E-state index contributed by atoms with van der Waals surface area (Å²) in [5, 5.41) is 0. The molecule has 0 saturated carbocycles. The van der Waals surface area contributed by atoms with Gasteiger partial charge in [-0.25, -0.2) is 0 Å². The minimum absolute atomic E-state index is 0.0890. The molecule has 0 aromatic rings. The largest absolute Gasteiger partial charge is 0.639 e. The lowest BCUT2D eigenvalue weighted by Gasteiger charge is -2.23. The van der Waals surface area contributed by atoms with Gasteiger partial charge < -0.3 is 14.0 Å². The Kier molecular flexibility index (Phi) is 11.2. The molecule has 1 atom stereocenters. The molecule has 120 valence electrons. The van der Waals surface area contributed by atoms with Crippen molar-refractivity contribution in [1.29, 1.82) is 0 Å². The molecule has 0 aromatic heterocycles. The summed E-state index contributed by atoms with van der Waals surface area (Å²) < 4.78 is 53.9. The Morgan fingerprint density at radius 2 is 1.40 bits per heavy atom. The first-order valence-electron chi connectivity index (χ1n) is 7.41. The van der Waals surface area contributed by atoms with Crippen LogP contribution in [-0.2, 0) is 14.0 Å². The zero-order valence-electron chi connectivity index (χ0n) is 12.7. The summed E-state index contributed by atoms with van der Waals surface area (Å²) in [4.78, 5) is 0. The van der Waals surface area contributed by atoms with Crippen molar-refractivity contribution >= 4 is 7.32 Å². The predicted molar refractivity (Wildman–Crippen MR) is 73.3 cm³/mol. The van der Waals surface area contributed by atoms with Gasteiger partial charge in [-0.1, -0.05) is 40.0 Å². The zero-order valence-corrected chi connectivity index (χ0v) is 12.7. The summed E-state index contributed by atoms with van der Waals surface area (Å²) >= 11 is 0. The van der Waals surface area contributed by atoms with Gasteiger partial charge in [-0.05, 0) is 19.3 Å². The van der Waals surface area contributed by atoms with Crippen LogP contribution in [0.3, 0.4) is 0 Å². The minimum atomic E-state index is -4.39. The molecule has 0 bridgehead atoms. The van der Waals surface area contributed by atoms with E-state index in [4.69, 9.17) is 14.0 Å². The maximum atomic E-state index is 12.8. The molecule has 0 amide bonds. The number of rotatable bonds is 12. The second-order valence-corrected chi connectivity index (χ2v) is 4.69. The number of halogens is 3. The van der Waals surface area contributed by atoms with E-state index in [2.05, 4.69) is 0 Å². The average molecular weight is 298 g/mol. The third kappa shape index (κ3) is 9.61. The van der Waals surface area contributed by atoms with Crippen LogP contribution in [0.2, 0.25) is 0 Å². The van der Waals surface area contributed by atoms with Crippen molar-refractivity contribution in [3.8, 4) is 0 Å². The molecule has 0 spiro atoms. The highest BCUT2D eigenvalue weighted by Gasteiger charge is 2.43. The van der Waals surface area contributed by atoms with Crippen LogP contribution in [0.1, 0.15) is 59.3 Å². The van der Waals surface area contributed by atoms with Crippen LogP contribution in [0.15, 0.2) is 0 Å². The second kappa shape index (κ2) is 11.4. The molecular formula is C13H26BF3O3. The van der Waals surface area contributed by atoms with Crippen molar-refractivity contribution in [2.24, 2.45) is 0 Å². The number of unbranched alkanes of at least 4 members (excludes halogenated alkanes) is 2. The van der Waals surface area contributed by atoms with Gasteiger partial charge in [0.1, 0.15) is 6.10 Å². The molecule has 0 rings (SSSR count). The van der Waals surface area contributed by atoms with E-state index in [0.29, 0.717) is 19.6 Å². The van der Waals surface area contributed by atoms with Crippen LogP contribution >= 0.6 is 0 Å². The molecule has 0 aliphatic heterocycles. The van der Waals surface area contributed by atoms with Gasteiger partial charge in [0.15, 0.2) is 0 Å². The molecule has 3 nitrogen and oxygen atoms in total. The molecule has 0 aromatic carbocycles. The summed E-state index contributed by atoms with van der Waals surface area (Å²) in [5.74, 6) is 0. The molecule has 0 aliphatic carbocycles. The maximum absolute atomic E-state index is 12.8. The summed E-state index contributed by atoms with van der Waals surface area (Å²) in [5.41, 5.74) is 0. The fourth-order valence-electron chi connectivity index (χ4n) is 1.48. The van der Waals surface area contributed by atoms with Gasteiger partial charge in [-0.2, -0.15) is 13.2 Å². The van der Waals surface area contributed by atoms with Crippen molar-refractivity contribution in [3.63, 3.8) is 0 Å². The van der Waals surface area contributed by atoms with Crippen LogP contribution in [0.25, 0.3) is 0 Å². The summed E-state index contributed by atoms with van der Waals surface area (Å²) in [6.07, 6.45) is -2.59. The Bertz CT molecular complexity index is 217. The smallest absolute Gasteiger partial charge is 0.386 e. The number of hydrogen-bond acceptors (Lipinski definition) is 3. The first-order valence-corrected chi connectivity index (χ1v) is 7.41. The van der Waals surface area contributed by atoms with Gasteiger partial charge in [-0.3, -0.25) is 0 Å². The lowest BCUT2D eigenvalue weighted by Crippen LogP contribution is -2.40. The van der Waals surface area contributed by atoms with E-state index in [1.165, 1.54) is 0 Å². The van der Waals surface area contributed by atoms with E-state index in [1.807, 2.05) is 13.8 Å². The van der Waals surface area contributed by atoms with Gasteiger partial charge in [-0.15, -0.1) is 0 Å². The summed E-state index contributed by atoms with van der Waals surface area (Å²) in [6.45, 7) is 6.32. The highest BCUT2D eigenvalue weighted by Crippen LogP contribution is 2.27. The maximum Gasteiger partial charge on any atom is 0.639 e. The van der Waals surface area contributed by atoms with Crippen molar-refractivity contribution in [2.75, 3.05) is 13.2 Å². The average Bonchev–Trinajstić information content (AvgIpc) is 2.37. The Labute approximate surface area is 120 Å². The first kappa shape index (κ1) is 19.7. The number of hydrogen-bond donors (Lipinski definition) is 0. The van der Waals surface area contributed by atoms with Gasteiger partial charge in [0, 0.05) is 13.2 Å². The molecule has 0 radical (unpaired) electrons. The van der Waals surface area contributed by atoms with E-state index >= 15 is 0 Å². The van der Waals surface area contributed by atoms with E-state index in [1.54, 1.807) is 6.92 Å². The molecule has 20 heavy (non-hydrogen) atoms. The van der Waals surface area contributed by atoms with Gasteiger partial charge in [0.25, 0.3) is 0 Å². The molecular weight excluding hydrogens is 272 g/mol. The van der Waals surface area contributed by atoms with E-state index in [9.17, 15) is 13.2 Å². The normalized spacial score (nSPS) is 13.5. The third-order valence-corrected chi connectivity index (χ3v) is 2.69. The van der Waals surface area contributed by atoms with Crippen molar-refractivity contribution in [3.05, 3.63) is 0 Å². The van der Waals surface area contributed by atoms with Crippen molar-refractivity contribution < 1.29 is 27.1 Å². The van der Waals surface area contributed by atoms with E-state index in [-0.39, 0.29) is 6.42 Å². The lowest BCUT2D eigenvalue weighted by molar-refractivity contribution is -0.206. The molecule has 1 unspecified atom stereocenters. The molecule has 0 saturated heterocycles. The predicted octanol–water partition coefficient (Wildman–Crippen LogP) is 4.35. The lowest BCUT2D eigenvalue weighted by atomic mass is 10.1. The Morgan fingerprint density at radius 1 is 0.900 bits per heavy atom. The molecule has 0 heterocycles. The van der Waals surface area contributed by atoms with E-state index in [0.717, 1.165) is 25.7 Å². The van der Waals surface area contributed by atoms with E-state index < -0.39 is 19.6 Å². The van der Waals surface area contributed by atoms with Gasteiger partial charge in [0.2, 0.25) is 0 Å². The van der Waals surface area contributed by atoms with Crippen molar-refractivity contribution in [2.45, 2.75) is 71.6 Å². The van der Waals surface area contributed by atoms with Gasteiger partial charge in [0.05, 0.1) is 0 Å². The highest BCUT2D eigenvalue weighted by molar-refractivity contribution is 6.36. The van der Waals surface area contributed by atoms with Crippen molar-refractivity contribution in [1.82, 2.24) is 0 Å². The Balaban J connectivity index is 4.39. The molecule has 0 aliphatic rings. The van der Waals surface area contributed by atoms with Crippen LogP contribution in [0.5, 0.6) is 0 Å². The van der Waals surface area contributed by atoms with Crippen LogP contribution in [0, 0.1) is 0 Å². The SMILES string of the molecule is CCCCOB(OCCCC)OC(CCC)C(F)(F)F. The van der Waals surface area contributed by atoms with Crippen LogP contribution in [-0.4, -0.2) is 32.8 Å². The monoisotopic (exact) mass is 298 g/mol. The highest BCUT2D eigenvalue weighted by atomic mass is 19.4. The topological polar surface area (TPSA) is 27.7 Å². The summed E-state index contributed by atoms with van der Waals surface area (Å²) in [6, 6.07) is 0. The number of alkyl halides is 3. The third-order valence-electron chi connectivity index (χ3n) is 2.69. The Hall–Kier alpha value is -0.265. The van der Waals surface area contributed by atoms with Crippen LogP contribution < -0.4 is 0 Å². The first-order chi connectivity index (χ1) is 9.45. The van der Waals surface area contributed by atoms with Crippen LogP contribution in [0.4, 0.5) is 13.2 Å². The van der Waals surface area contributed by atoms with Gasteiger partial charge >= 0.3 is 13.5 Å². The molecule has 0 N–H and O–H groups in total.